The minimum Gasteiger partial charge on any atom is -0.507 e. The zero-order valence-corrected chi connectivity index (χ0v) is 20.4. The molecule has 0 bridgehead atoms. The minimum absolute atomic E-state index is 0.0658. The van der Waals surface area contributed by atoms with Gasteiger partial charge in [-0.25, -0.2) is 0 Å². The monoisotopic (exact) mass is 482 g/mol. The topological polar surface area (TPSA) is 70.1 Å². The highest BCUT2D eigenvalue weighted by Gasteiger charge is 2.45. The predicted octanol–water partition coefficient (Wildman–Crippen LogP) is 5.06. The molecule has 2 aromatic rings. The first kappa shape index (κ1) is 25.5. The number of likely N-dealkylation sites (tertiary alicyclic amines) is 1. The minimum atomic E-state index is -0.723. The maximum atomic E-state index is 13.2. The van der Waals surface area contributed by atoms with E-state index >= 15 is 0 Å². The van der Waals surface area contributed by atoms with Crippen molar-refractivity contribution in [3.8, 4) is 5.75 Å². The van der Waals surface area contributed by atoms with Crippen LogP contribution in [0, 0.1) is 0 Å². The van der Waals surface area contributed by atoms with E-state index < -0.39 is 17.7 Å². The maximum absolute atomic E-state index is 13.2. The van der Waals surface area contributed by atoms with Gasteiger partial charge in [0.1, 0.15) is 18.1 Å². The molecule has 0 aliphatic carbocycles. The molecule has 1 saturated heterocycles. The number of rotatable bonds is 11. The number of amides is 1. The number of hydrogen-bond acceptors (Lipinski definition) is 5. The number of ether oxygens (including phenoxy) is 1. The van der Waals surface area contributed by atoms with Gasteiger partial charge in [-0.1, -0.05) is 50.2 Å². The van der Waals surface area contributed by atoms with E-state index in [0.29, 0.717) is 41.5 Å². The molecule has 1 atom stereocenters. The van der Waals surface area contributed by atoms with Crippen molar-refractivity contribution in [1.82, 2.24) is 9.80 Å². The molecule has 0 aromatic heterocycles. The lowest BCUT2D eigenvalue weighted by Gasteiger charge is -2.27. The summed E-state index contributed by atoms with van der Waals surface area (Å²) in [6, 6.07) is 13.1. The highest BCUT2D eigenvalue weighted by molar-refractivity contribution is 6.46. The molecular formula is C27H31ClN2O4. The number of carbonyl (C=O) groups excluding carboxylic acids is 2. The summed E-state index contributed by atoms with van der Waals surface area (Å²) in [6.45, 7) is 11.2. The standard InChI is InChI=1S/C27H31ClN2O4/c1-4-17-34-22-10-7-9-20(18-22)24-23(25(31)19-11-13-21(28)14-12-19)26(32)27(33)30(24)16-8-15-29(5-2)6-3/h4,7,9-14,18,24,31H,1,5-6,8,15-17H2,2-3H3/b25-23+/t24-/m1/s1. The fourth-order valence-electron chi connectivity index (χ4n) is 4.15. The first-order valence-electron chi connectivity index (χ1n) is 11.5. The number of nitrogens with zero attached hydrogens (tertiary/aromatic N) is 2. The lowest BCUT2D eigenvalue weighted by Crippen LogP contribution is -2.33. The van der Waals surface area contributed by atoms with Crippen molar-refractivity contribution < 1.29 is 19.4 Å². The van der Waals surface area contributed by atoms with Crippen LogP contribution in [0.25, 0.3) is 5.76 Å². The lowest BCUT2D eigenvalue weighted by molar-refractivity contribution is -0.140. The SMILES string of the molecule is C=CCOc1cccc([C@@H]2/C(=C(\O)c3ccc(Cl)cc3)C(=O)C(=O)N2CCCN(CC)CC)c1. The number of ketones is 1. The Morgan fingerprint density at radius 1 is 1.18 bits per heavy atom. The Balaban J connectivity index is 2.04. The molecule has 0 radical (unpaired) electrons. The Morgan fingerprint density at radius 2 is 1.88 bits per heavy atom. The molecule has 1 aliphatic heterocycles. The third-order valence-electron chi connectivity index (χ3n) is 5.97. The van der Waals surface area contributed by atoms with Gasteiger partial charge in [-0.3, -0.25) is 9.59 Å². The van der Waals surface area contributed by atoms with E-state index in [9.17, 15) is 14.7 Å². The Kier molecular flexibility index (Phi) is 8.91. The fourth-order valence-corrected chi connectivity index (χ4v) is 4.28. The van der Waals surface area contributed by atoms with E-state index in [1.807, 2.05) is 12.1 Å². The second-order valence-electron chi connectivity index (χ2n) is 8.05. The highest BCUT2D eigenvalue weighted by Crippen LogP contribution is 2.40. The first-order chi connectivity index (χ1) is 16.4. The van der Waals surface area contributed by atoms with E-state index in [-0.39, 0.29) is 11.3 Å². The molecule has 6 nitrogen and oxygen atoms in total. The molecule has 7 heteroatoms. The van der Waals surface area contributed by atoms with Gasteiger partial charge in [0.15, 0.2) is 0 Å². The molecule has 2 aromatic carbocycles. The summed E-state index contributed by atoms with van der Waals surface area (Å²) in [5.74, 6) is -0.934. The van der Waals surface area contributed by atoms with Crippen LogP contribution < -0.4 is 4.74 Å². The number of halogens is 1. The van der Waals surface area contributed by atoms with Gasteiger partial charge in [0.2, 0.25) is 0 Å². The summed E-state index contributed by atoms with van der Waals surface area (Å²) < 4.78 is 5.67. The molecular weight excluding hydrogens is 452 g/mol. The number of Topliss-reactive ketones (excluding diaryl/α,β-unsaturated/α-hetero) is 1. The van der Waals surface area contributed by atoms with Gasteiger partial charge in [0.05, 0.1) is 11.6 Å². The molecule has 1 aliphatic rings. The Bertz CT molecular complexity index is 1060. The number of aliphatic hydroxyl groups excluding tert-OH is 1. The molecule has 1 N–H and O–H groups in total. The smallest absolute Gasteiger partial charge is 0.295 e. The molecule has 0 unspecified atom stereocenters. The average molecular weight is 483 g/mol. The van der Waals surface area contributed by atoms with Crippen molar-refractivity contribution in [3.63, 3.8) is 0 Å². The first-order valence-corrected chi connectivity index (χ1v) is 11.9. The summed E-state index contributed by atoms with van der Waals surface area (Å²) in [4.78, 5) is 30.1. The van der Waals surface area contributed by atoms with Gasteiger partial charge >= 0.3 is 0 Å². The third kappa shape index (κ3) is 5.69. The van der Waals surface area contributed by atoms with Crippen molar-refractivity contribution in [2.45, 2.75) is 26.3 Å². The van der Waals surface area contributed by atoms with Crippen LogP contribution in [0.5, 0.6) is 5.75 Å². The number of aliphatic hydroxyl groups is 1. The summed E-state index contributed by atoms with van der Waals surface area (Å²) in [5, 5.41) is 11.6. The predicted molar refractivity (Wildman–Crippen MR) is 135 cm³/mol. The highest BCUT2D eigenvalue weighted by atomic mass is 35.5. The van der Waals surface area contributed by atoms with Crippen molar-refractivity contribution in [2.24, 2.45) is 0 Å². The number of carbonyl (C=O) groups is 2. The molecule has 0 spiro atoms. The van der Waals surface area contributed by atoms with Gasteiger partial charge in [-0.15, -0.1) is 0 Å². The maximum Gasteiger partial charge on any atom is 0.295 e. The van der Waals surface area contributed by atoms with Crippen LogP contribution in [0.4, 0.5) is 0 Å². The third-order valence-corrected chi connectivity index (χ3v) is 6.22. The van der Waals surface area contributed by atoms with Crippen LogP contribution in [0.2, 0.25) is 5.02 Å². The molecule has 1 heterocycles. The van der Waals surface area contributed by atoms with Crippen LogP contribution in [0.1, 0.15) is 37.4 Å². The van der Waals surface area contributed by atoms with E-state index in [1.54, 1.807) is 47.4 Å². The molecule has 3 rings (SSSR count). The summed E-state index contributed by atoms with van der Waals surface area (Å²) in [6.07, 6.45) is 2.35. The van der Waals surface area contributed by atoms with E-state index in [1.165, 1.54) is 0 Å². The fraction of sp³-hybridized carbons (Fsp3) is 0.333. The Morgan fingerprint density at radius 3 is 2.53 bits per heavy atom. The van der Waals surface area contributed by atoms with Crippen molar-refractivity contribution in [3.05, 3.63) is 82.9 Å². The van der Waals surface area contributed by atoms with Gasteiger partial charge in [-0.05, 0) is 68.0 Å². The van der Waals surface area contributed by atoms with Gasteiger partial charge in [0.25, 0.3) is 11.7 Å². The van der Waals surface area contributed by atoms with Crippen LogP contribution in [-0.2, 0) is 9.59 Å². The molecule has 34 heavy (non-hydrogen) atoms. The van der Waals surface area contributed by atoms with Gasteiger partial charge in [0, 0.05) is 17.1 Å². The number of hydrogen-bond donors (Lipinski definition) is 1. The second kappa shape index (κ2) is 11.9. The van der Waals surface area contributed by atoms with Gasteiger partial charge < -0.3 is 19.6 Å². The molecule has 1 amide bonds. The molecule has 1 fully saturated rings. The number of benzene rings is 2. The summed E-state index contributed by atoms with van der Waals surface area (Å²) in [7, 11) is 0. The van der Waals surface area contributed by atoms with Crippen LogP contribution >= 0.6 is 11.6 Å². The van der Waals surface area contributed by atoms with Crippen molar-refractivity contribution in [2.75, 3.05) is 32.8 Å². The molecule has 180 valence electrons. The van der Waals surface area contributed by atoms with Crippen molar-refractivity contribution in [1.29, 1.82) is 0 Å². The van der Waals surface area contributed by atoms with Crippen molar-refractivity contribution >= 4 is 29.1 Å². The lowest BCUT2D eigenvalue weighted by atomic mass is 9.95. The van der Waals surface area contributed by atoms with Crippen LogP contribution in [0.3, 0.4) is 0 Å². The largest absolute Gasteiger partial charge is 0.507 e. The quantitative estimate of drug-likeness (QED) is 0.210. The Hall–Kier alpha value is -3.09. The average Bonchev–Trinajstić information content (AvgIpc) is 3.10. The zero-order valence-electron chi connectivity index (χ0n) is 19.7. The van der Waals surface area contributed by atoms with E-state index in [4.69, 9.17) is 16.3 Å². The Labute approximate surface area is 206 Å². The molecule has 0 saturated carbocycles. The van der Waals surface area contributed by atoms with Crippen LogP contribution in [0.15, 0.2) is 66.8 Å². The van der Waals surface area contributed by atoms with Gasteiger partial charge in [-0.2, -0.15) is 0 Å². The summed E-state index contributed by atoms with van der Waals surface area (Å²) >= 11 is 5.99. The van der Waals surface area contributed by atoms with E-state index in [2.05, 4.69) is 25.3 Å². The zero-order chi connectivity index (χ0) is 24.7. The van der Waals surface area contributed by atoms with E-state index in [0.717, 1.165) is 19.6 Å². The van der Waals surface area contributed by atoms with Crippen LogP contribution in [-0.4, -0.2) is 59.4 Å². The second-order valence-corrected chi connectivity index (χ2v) is 8.49. The summed E-state index contributed by atoms with van der Waals surface area (Å²) in [5.41, 5.74) is 1.18. The normalized spacial score (nSPS) is 17.4.